The molecule has 1 saturated heterocycles. The van der Waals surface area contributed by atoms with Crippen LogP contribution in [0.5, 0.6) is 0 Å². The first-order chi connectivity index (χ1) is 6.88. The van der Waals surface area contributed by atoms with Gasteiger partial charge in [-0.2, -0.15) is 0 Å². The van der Waals surface area contributed by atoms with E-state index in [2.05, 4.69) is 50.0 Å². The van der Waals surface area contributed by atoms with E-state index in [9.17, 15) is 0 Å². The smallest absolute Gasteiger partial charge is 0.0345 e. The summed E-state index contributed by atoms with van der Waals surface area (Å²) in [6.45, 7) is 12.7. The van der Waals surface area contributed by atoms with Crippen molar-refractivity contribution in [1.29, 1.82) is 0 Å². The first kappa shape index (κ1) is 12.9. The summed E-state index contributed by atoms with van der Waals surface area (Å²) in [7, 11) is 4.46. The molecule has 1 aliphatic rings. The monoisotopic (exact) mass is 213 g/mol. The Balaban J connectivity index is 2.33. The quantitative estimate of drug-likeness (QED) is 0.750. The van der Waals surface area contributed by atoms with Crippen LogP contribution >= 0.6 is 0 Å². The van der Waals surface area contributed by atoms with Gasteiger partial charge < -0.3 is 10.2 Å². The van der Waals surface area contributed by atoms with Crippen molar-refractivity contribution < 1.29 is 0 Å². The largest absolute Gasteiger partial charge is 0.314 e. The molecule has 1 N–H and O–H groups in total. The van der Waals surface area contributed by atoms with E-state index in [1.54, 1.807) is 0 Å². The van der Waals surface area contributed by atoms with E-state index in [-0.39, 0.29) is 0 Å². The summed E-state index contributed by atoms with van der Waals surface area (Å²) in [5.41, 5.74) is 0.398. The molecule has 0 aromatic rings. The Kier molecular flexibility index (Phi) is 4.56. The molecule has 0 amide bonds. The van der Waals surface area contributed by atoms with E-state index < -0.39 is 0 Å². The molecule has 1 fully saturated rings. The molecule has 90 valence electrons. The number of nitrogens with zero attached hydrogens (tertiary/aromatic N) is 2. The molecule has 1 aliphatic heterocycles. The maximum atomic E-state index is 3.47. The van der Waals surface area contributed by atoms with Crippen LogP contribution in [0.25, 0.3) is 0 Å². The average Bonchev–Trinajstić information content (AvgIpc) is 2.05. The lowest BCUT2D eigenvalue weighted by Gasteiger charge is -2.37. The molecule has 1 rings (SSSR count). The van der Waals surface area contributed by atoms with Gasteiger partial charge in [0.25, 0.3) is 0 Å². The summed E-state index contributed by atoms with van der Waals surface area (Å²) < 4.78 is 0. The first-order valence-corrected chi connectivity index (χ1v) is 5.98. The maximum absolute atomic E-state index is 3.47. The third kappa shape index (κ3) is 4.96. The van der Waals surface area contributed by atoms with Gasteiger partial charge in [0.1, 0.15) is 0 Å². The Morgan fingerprint density at radius 3 is 2.60 bits per heavy atom. The van der Waals surface area contributed by atoms with E-state index in [0.29, 0.717) is 11.5 Å². The Morgan fingerprint density at radius 1 is 1.40 bits per heavy atom. The summed E-state index contributed by atoms with van der Waals surface area (Å²) >= 11 is 0. The van der Waals surface area contributed by atoms with Gasteiger partial charge in [0.05, 0.1) is 0 Å². The van der Waals surface area contributed by atoms with Gasteiger partial charge in [-0.3, -0.25) is 4.90 Å². The second-order valence-electron chi connectivity index (χ2n) is 6.10. The van der Waals surface area contributed by atoms with Crippen molar-refractivity contribution in [3.63, 3.8) is 0 Å². The molecular weight excluding hydrogens is 186 g/mol. The lowest BCUT2D eigenvalue weighted by molar-refractivity contribution is 0.132. The first-order valence-electron chi connectivity index (χ1n) is 5.98. The molecule has 0 spiro atoms. The minimum absolute atomic E-state index is 0.398. The molecular formula is C12H27N3. The van der Waals surface area contributed by atoms with Crippen LogP contribution in [-0.2, 0) is 0 Å². The Labute approximate surface area is 94.8 Å². The Bertz CT molecular complexity index is 186. The van der Waals surface area contributed by atoms with Crippen molar-refractivity contribution in [2.24, 2.45) is 5.41 Å². The zero-order valence-electron chi connectivity index (χ0n) is 11.0. The zero-order valence-corrected chi connectivity index (χ0v) is 11.0. The normalized spacial score (nSPS) is 24.8. The second-order valence-corrected chi connectivity index (χ2v) is 6.10. The highest BCUT2D eigenvalue weighted by Crippen LogP contribution is 2.14. The van der Waals surface area contributed by atoms with E-state index >= 15 is 0 Å². The predicted octanol–water partition coefficient (Wildman–Crippen LogP) is 0.868. The average molecular weight is 213 g/mol. The van der Waals surface area contributed by atoms with Crippen LogP contribution in [0.4, 0.5) is 0 Å². The SMILES string of the molecule is CN(CC1CNCCN1C)CC(C)(C)C. The van der Waals surface area contributed by atoms with Crippen LogP contribution in [0.15, 0.2) is 0 Å². The van der Waals surface area contributed by atoms with Gasteiger partial charge in [-0.15, -0.1) is 0 Å². The molecule has 0 radical (unpaired) electrons. The summed E-state index contributed by atoms with van der Waals surface area (Å²) in [4.78, 5) is 4.92. The van der Waals surface area contributed by atoms with Crippen LogP contribution in [0.1, 0.15) is 20.8 Å². The van der Waals surface area contributed by atoms with Crippen LogP contribution in [-0.4, -0.2) is 62.7 Å². The molecule has 1 heterocycles. The molecule has 1 unspecified atom stereocenters. The van der Waals surface area contributed by atoms with Crippen LogP contribution in [0, 0.1) is 5.41 Å². The van der Waals surface area contributed by atoms with Crippen molar-refractivity contribution >= 4 is 0 Å². The number of likely N-dealkylation sites (N-methyl/N-ethyl adjacent to an activating group) is 2. The highest BCUT2D eigenvalue weighted by atomic mass is 15.2. The second kappa shape index (κ2) is 5.28. The van der Waals surface area contributed by atoms with E-state index in [1.165, 1.54) is 13.1 Å². The van der Waals surface area contributed by atoms with E-state index in [1.807, 2.05) is 0 Å². The van der Waals surface area contributed by atoms with Crippen molar-refractivity contribution in [1.82, 2.24) is 15.1 Å². The summed E-state index contributed by atoms with van der Waals surface area (Å²) in [5, 5.41) is 3.47. The van der Waals surface area contributed by atoms with E-state index in [4.69, 9.17) is 0 Å². The van der Waals surface area contributed by atoms with Gasteiger partial charge >= 0.3 is 0 Å². The Morgan fingerprint density at radius 2 is 2.07 bits per heavy atom. The molecule has 3 nitrogen and oxygen atoms in total. The minimum atomic E-state index is 0.398. The van der Waals surface area contributed by atoms with Gasteiger partial charge in [0.2, 0.25) is 0 Å². The molecule has 0 saturated carbocycles. The minimum Gasteiger partial charge on any atom is -0.314 e. The van der Waals surface area contributed by atoms with Gasteiger partial charge in [-0.1, -0.05) is 20.8 Å². The van der Waals surface area contributed by atoms with Gasteiger partial charge in [-0.25, -0.2) is 0 Å². The van der Waals surface area contributed by atoms with Crippen LogP contribution < -0.4 is 5.32 Å². The Hall–Kier alpha value is -0.120. The summed E-state index contributed by atoms with van der Waals surface area (Å²) in [5.74, 6) is 0. The fourth-order valence-electron chi connectivity index (χ4n) is 2.30. The van der Waals surface area contributed by atoms with Gasteiger partial charge in [-0.05, 0) is 19.5 Å². The van der Waals surface area contributed by atoms with Crippen molar-refractivity contribution in [2.75, 3.05) is 46.8 Å². The van der Waals surface area contributed by atoms with Crippen molar-refractivity contribution in [3.8, 4) is 0 Å². The van der Waals surface area contributed by atoms with Crippen molar-refractivity contribution in [3.05, 3.63) is 0 Å². The molecule has 3 heteroatoms. The molecule has 0 bridgehead atoms. The fraction of sp³-hybridized carbons (Fsp3) is 1.00. The topological polar surface area (TPSA) is 18.5 Å². The third-order valence-electron chi connectivity index (χ3n) is 2.91. The standard InChI is InChI=1S/C12H27N3/c1-12(2,3)10-14(4)9-11-8-13-6-7-15(11)5/h11,13H,6-10H2,1-5H3. The fourth-order valence-corrected chi connectivity index (χ4v) is 2.30. The van der Waals surface area contributed by atoms with Crippen molar-refractivity contribution in [2.45, 2.75) is 26.8 Å². The van der Waals surface area contributed by atoms with Crippen LogP contribution in [0.2, 0.25) is 0 Å². The number of hydrogen-bond donors (Lipinski definition) is 1. The molecule has 15 heavy (non-hydrogen) atoms. The zero-order chi connectivity index (χ0) is 11.5. The van der Waals surface area contributed by atoms with Gasteiger partial charge in [0, 0.05) is 38.8 Å². The number of piperazine rings is 1. The highest BCUT2D eigenvalue weighted by Gasteiger charge is 2.21. The van der Waals surface area contributed by atoms with E-state index in [0.717, 1.165) is 19.6 Å². The number of rotatable bonds is 3. The molecule has 0 aromatic carbocycles. The maximum Gasteiger partial charge on any atom is 0.0345 e. The summed E-state index contributed by atoms with van der Waals surface area (Å²) in [6, 6.07) is 0.672. The lowest BCUT2D eigenvalue weighted by Crippen LogP contribution is -2.54. The molecule has 1 atom stereocenters. The molecule has 0 aliphatic carbocycles. The molecule has 0 aromatic heterocycles. The predicted molar refractivity (Wildman–Crippen MR) is 66.2 cm³/mol. The lowest BCUT2D eigenvalue weighted by atomic mass is 9.96. The van der Waals surface area contributed by atoms with Gasteiger partial charge in [0.15, 0.2) is 0 Å². The number of nitrogens with one attached hydrogen (secondary N) is 1. The van der Waals surface area contributed by atoms with Crippen LogP contribution in [0.3, 0.4) is 0 Å². The highest BCUT2D eigenvalue weighted by molar-refractivity contribution is 4.80. The number of hydrogen-bond acceptors (Lipinski definition) is 3. The third-order valence-corrected chi connectivity index (χ3v) is 2.91. The summed E-state index contributed by atoms with van der Waals surface area (Å²) in [6.07, 6.45) is 0.